The van der Waals surface area contributed by atoms with Crippen LogP contribution in [0.2, 0.25) is 5.02 Å². The molecule has 0 aromatic heterocycles. The highest BCUT2D eigenvalue weighted by Gasteiger charge is 2.12. The normalized spacial score (nSPS) is 15.2. The van der Waals surface area contributed by atoms with Crippen molar-refractivity contribution in [2.75, 3.05) is 39.4 Å². The number of rotatable bonds is 5. The Labute approximate surface area is 147 Å². The fourth-order valence-electron chi connectivity index (χ4n) is 2.77. The Balaban J connectivity index is 1.63. The van der Waals surface area contributed by atoms with E-state index < -0.39 is 0 Å². The lowest BCUT2D eigenvalue weighted by atomic mass is 10.0. The molecule has 0 unspecified atom stereocenters. The zero-order valence-electron chi connectivity index (χ0n) is 13.5. The maximum Gasteiger partial charge on any atom is 0.251 e. The second-order valence-electron chi connectivity index (χ2n) is 5.80. The van der Waals surface area contributed by atoms with Crippen LogP contribution in [0.15, 0.2) is 48.5 Å². The van der Waals surface area contributed by atoms with E-state index in [0.29, 0.717) is 17.1 Å². The SMILES string of the molecule is O=C(NCCN1CCOCC1)c1cc(Cl)cc(-c2ccccc2)c1. The predicted molar refractivity (Wildman–Crippen MR) is 96.5 cm³/mol. The van der Waals surface area contributed by atoms with E-state index in [-0.39, 0.29) is 5.91 Å². The van der Waals surface area contributed by atoms with Crippen molar-refractivity contribution in [1.82, 2.24) is 10.2 Å². The van der Waals surface area contributed by atoms with Crippen molar-refractivity contribution < 1.29 is 9.53 Å². The quantitative estimate of drug-likeness (QED) is 0.906. The molecule has 1 fully saturated rings. The molecule has 4 nitrogen and oxygen atoms in total. The van der Waals surface area contributed by atoms with Gasteiger partial charge in [0.05, 0.1) is 13.2 Å². The number of hydrogen-bond donors (Lipinski definition) is 1. The maximum absolute atomic E-state index is 12.4. The molecule has 1 aliphatic rings. The van der Waals surface area contributed by atoms with Crippen LogP contribution in [0.4, 0.5) is 0 Å². The summed E-state index contributed by atoms with van der Waals surface area (Å²) in [4.78, 5) is 14.7. The van der Waals surface area contributed by atoms with Gasteiger partial charge >= 0.3 is 0 Å². The number of nitrogens with zero attached hydrogens (tertiary/aromatic N) is 1. The lowest BCUT2D eigenvalue weighted by molar-refractivity contribution is 0.0383. The van der Waals surface area contributed by atoms with E-state index in [9.17, 15) is 4.79 Å². The van der Waals surface area contributed by atoms with Gasteiger partial charge in [0.25, 0.3) is 5.91 Å². The molecule has 1 aliphatic heterocycles. The van der Waals surface area contributed by atoms with Gasteiger partial charge in [-0.2, -0.15) is 0 Å². The second kappa shape index (κ2) is 8.29. The molecule has 0 bridgehead atoms. The van der Waals surface area contributed by atoms with Crippen LogP contribution in [0, 0.1) is 0 Å². The fraction of sp³-hybridized carbons (Fsp3) is 0.316. The summed E-state index contributed by atoms with van der Waals surface area (Å²) >= 11 is 6.20. The fourth-order valence-corrected chi connectivity index (χ4v) is 3.01. The number of halogens is 1. The summed E-state index contributed by atoms with van der Waals surface area (Å²) in [6.45, 7) is 4.83. The lowest BCUT2D eigenvalue weighted by Gasteiger charge is -2.26. The summed E-state index contributed by atoms with van der Waals surface area (Å²) in [5, 5.41) is 3.54. The Hall–Kier alpha value is -1.88. The van der Waals surface area contributed by atoms with E-state index in [1.807, 2.05) is 42.5 Å². The van der Waals surface area contributed by atoms with Gasteiger partial charge in [0.1, 0.15) is 0 Å². The van der Waals surface area contributed by atoms with Gasteiger partial charge in [-0.15, -0.1) is 0 Å². The minimum absolute atomic E-state index is 0.0945. The molecule has 5 heteroatoms. The minimum atomic E-state index is -0.0945. The van der Waals surface area contributed by atoms with Crippen molar-refractivity contribution in [3.63, 3.8) is 0 Å². The molecular formula is C19H21ClN2O2. The lowest BCUT2D eigenvalue weighted by Crippen LogP contribution is -2.41. The monoisotopic (exact) mass is 344 g/mol. The summed E-state index contributed by atoms with van der Waals surface area (Å²) in [6.07, 6.45) is 0. The Kier molecular flexibility index (Phi) is 5.86. The van der Waals surface area contributed by atoms with E-state index in [4.69, 9.17) is 16.3 Å². The van der Waals surface area contributed by atoms with Crippen LogP contribution in [0.3, 0.4) is 0 Å². The van der Waals surface area contributed by atoms with Gasteiger partial charge in [-0.05, 0) is 29.3 Å². The van der Waals surface area contributed by atoms with Gasteiger partial charge in [0, 0.05) is 36.8 Å². The van der Waals surface area contributed by atoms with Crippen molar-refractivity contribution in [1.29, 1.82) is 0 Å². The standard InChI is InChI=1S/C19H21ClN2O2/c20-18-13-16(15-4-2-1-3-5-15)12-17(14-18)19(23)21-6-7-22-8-10-24-11-9-22/h1-5,12-14H,6-11H2,(H,21,23). The Morgan fingerprint density at radius 2 is 1.83 bits per heavy atom. The molecule has 1 N–H and O–H groups in total. The molecule has 2 aromatic rings. The summed E-state index contributed by atoms with van der Waals surface area (Å²) in [5.74, 6) is -0.0945. The number of carbonyl (C=O) groups excluding carboxylic acids is 1. The van der Waals surface area contributed by atoms with E-state index in [2.05, 4.69) is 10.2 Å². The predicted octanol–water partition coefficient (Wildman–Crippen LogP) is 3.07. The molecule has 24 heavy (non-hydrogen) atoms. The first-order valence-electron chi connectivity index (χ1n) is 8.17. The third kappa shape index (κ3) is 4.57. The number of morpholine rings is 1. The molecule has 1 heterocycles. The Morgan fingerprint density at radius 3 is 2.58 bits per heavy atom. The molecule has 1 amide bonds. The second-order valence-corrected chi connectivity index (χ2v) is 6.24. The molecule has 0 radical (unpaired) electrons. The van der Waals surface area contributed by atoms with E-state index in [1.54, 1.807) is 6.07 Å². The van der Waals surface area contributed by atoms with Crippen molar-refractivity contribution in [3.8, 4) is 11.1 Å². The van der Waals surface area contributed by atoms with Crippen LogP contribution in [0.25, 0.3) is 11.1 Å². The van der Waals surface area contributed by atoms with Crippen molar-refractivity contribution in [3.05, 3.63) is 59.1 Å². The topological polar surface area (TPSA) is 41.6 Å². The molecule has 126 valence electrons. The van der Waals surface area contributed by atoms with Gasteiger partial charge < -0.3 is 10.1 Å². The van der Waals surface area contributed by atoms with Crippen LogP contribution in [0.1, 0.15) is 10.4 Å². The molecule has 0 aliphatic carbocycles. The Bertz CT molecular complexity index is 685. The largest absolute Gasteiger partial charge is 0.379 e. The number of benzene rings is 2. The highest BCUT2D eigenvalue weighted by Crippen LogP contribution is 2.24. The third-order valence-electron chi connectivity index (χ3n) is 4.08. The average molecular weight is 345 g/mol. The molecule has 1 saturated heterocycles. The molecule has 0 saturated carbocycles. The van der Waals surface area contributed by atoms with Crippen LogP contribution < -0.4 is 5.32 Å². The van der Waals surface area contributed by atoms with Crippen LogP contribution >= 0.6 is 11.6 Å². The first-order chi connectivity index (χ1) is 11.7. The van der Waals surface area contributed by atoms with Crippen LogP contribution in [-0.4, -0.2) is 50.2 Å². The smallest absolute Gasteiger partial charge is 0.251 e. The number of nitrogens with one attached hydrogen (secondary N) is 1. The summed E-state index contributed by atoms with van der Waals surface area (Å²) in [7, 11) is 0. The highest BCUT2D eigenvalue weighted by atomic mass is 35.5. The number of hydrogen-bond acceptors (Lipinski definition) is 3. The zero-order valence-corrected chi connectivity index (χ0v) is 14.3. The molecule has 0 atom stereocenters. The van der Waals surface area contributed by atoms with Crippen molar-refractivity contribution in [2.24, 2.45) is 0 Å². The molecule has 3 rings (SSSR count). The average Bonchev–Trinajstić information content (AvgIpc) is 2.63. The van der Waals surface area contributed by atoms with Crippen molar-refractivity contribution in [2.45, 2.75) is 0 Å². The summed E-state index contributed by atoms with van der Waals surface area (Å²) in [5.41, 5.74) is 2.58. The third-order valence-corrected chi connectivity index (χ3v) is 4.30. The summed E-state index contributed by atoms with van der Waals surface area (Å²) in [6, 6.07) is 15.4. The Morgan fingerprint density at radius 1 is 1.08 bits per heavy atom. The number of carbonyl (C=O) groups is 1. The van der Waals surface area contributed by atoms with Gasteiger partial charge in [-0.25, -0.2) is 0 Å². The van der Waals surface area contributed by atoms with Crippen molar-refractivity contribution >= 4 is 17.5 Å². The number of amides is 1. The van der Waals surface area contributed by atoms with Gasteiger partial charge in [0.2, 0.25) is 0 Å². The van der Waals surface area contributed by atoms with E-state index >= 15 is 0 Å². The van der Waals surface area contributed by atoms with Crippen LogP contribution in [0.5, 0.6) is 0 Å². The maximum atomic E-state index is 12.4. The number of ether oxygens (including phenoxy) is 1. The molecule has 2 aromatic carbocycles. The minimum Gasteiger partial charge on any atom is -0.379 e. The van der Waals surface area contributed by atoms with Crippen LogP contribution in [-0.2, 0) is 4.74 Å². The van der Waals surface area contributed by atoms with Gasteiger partial charge in [-0.1, -0.05) is 41.9 Å². The molecular weight excluding hydrogens is 324 g/mol. The highest BCUT2D eigenvalue weighted by molar-refractivity contribution is 6.31. The first-order valence-corrected chi connectivity index (χ1v) is 8.54. The van der Waals surface area contributed by atoms with E-state index in [0.717, 1.165) is 44.0 Å². The molecule has 0 spiro atoms. The first kappa shape index (κ1) is 17.0. The van der Waals surface area contributed by atoms with Gasteiger partial charge in [0.15, 0.2) is 0 Å². The van der Waals surface area contributed by atoms with E-state index in [1.165, 1.54) is 0 Å². The zero-order chi connectivity index (χ0) is 16.8. The summed E-state index contributed by atoms with van der Waals surface area (Å²) < 4.78 is 5.32. The van der Waals surface area contributed by atoms with Gasteiger partial charge in [-0.3, -0.25) is 9.69 Å².